The van der Waals surface area contributed by atoms with Gasteiger partial charge in [-0.2, -0.15) is 0 Å². The van der Waals surface area contributed by atoms with Crippen LogP contribution in [-0.4, -0.2) is 349 Å². The molecular formula is C51H95N3O30. The summed E-state index contributed by atoms with van der Waals surface area (Å²) in [6.45, 7) is 3.32. The Hall–Kier alpha value is -2.67. The normalized spacial score (nSPS) is 28.9. The molecule has 3 saturated heterocycles. The first-order valence-corrected chi connectivity index (χ1v) is 28.2. The lowest BCUT2D eigenvalue weighted by Gasteiger charge is -2.42. The van der Waals surface area contributed by atoms with E-state index in [1.165, 1.54) is 0 Å². The zero-order chi connectivity index (χ0) is 61.6. The van der Waals surface area contributed by atoms with E-state index in [0.717, 1.165) is 0 Å². The molecule has 33 nitrogen and oxygen atoms in total. The maximum Gasteiger partial charge on any atom is 0.222 e. The van der Waals surface area contributed by atoms with Crippen molar-refractivity contribution in [3.8, 4) is 0 Å². The van der Waals surface area contributed by atoms with Crippen LogP contribution >= 0.6 is 0 Å². The Labute approximate surface area is 487 Å². The summed E-state index contributed by atoms with van der Waals surface area (Å²) >= 11 is 0. The first-order chi connectivity index (χ1) is 40.4. The zero-order valence-corrected chi connectivity index (χ0v) is 47.8. The molecular weight excluding hydrogens is 1130 g/mol. The lowest BCUT2D eigenvalue weighted by molar-refractivity contribution is -0.302. The number of nitrogens with one attached hydrogen (secondary N) is 3. The first-order valence-electron chi connectivity index (χ1n) is 28.2. The van der Waals surface area contributed by atoms with Crippen molar-refractivity contribution >= 4 is 17.7 Å². The summed E-state index contributed by atoms with van der Waals surface area (Å²) in [5.41, 5.74) is -2.54. The van der Waals surface area contributed by atoms with Crippen molar-refractivity contribution in [2.24, 2.45) is 5.41 Å². The van der Waals surface area contributed by atoms with E-state index in [1.54, 1.807) is 0 Å². The number of amides is 3. The first kappa shape index (κ1) is 75.6. The van der Waals surface area contributed by atoms with Gasteiger partial charge in [0.05, 0.1) is 159 Å². The Balaban J connectivity index is 1.26. The smallest absolute Gasteiger partial charge is 0.222 e. The third kappa shape index (κ3) is 29.6. The van der Waals surface area contributed by atoms with Gasteiger partial charge in [0.15, 0.2) is 18.9 Å². The van der Waals surface area contributed by atoms with Gasteiger partial charge in [-0.15, -0.1) is 0 Å². The van der Waals surface area contributed by atoms with E-state index in [0.29, 0.717) is 0 Å². The van der Waals surface area contributed by atoms with Gasteiger partial charge in [0.25, 0.3) is 0 Å². The third-order valence-corrected chi connectivity index (χ3v) is 13.0. The molecule has 3 amide bonds. The van der Waals surface area contributed by atoms with Crippen LogP contribution in [0.25, 0.3) is 0 Å². The van der Waals surface area contributed by atoms with Crippen LogP contribution in [0.15, 0.2) is 0 Å². The summed E-state index contributed by atoms with van der Waals surface area (Å²) < 4.78 is 82.3. The fraction of sp³-hybridized carbons (Fsp3) is 0.941. The highest BCUT2D eigenvalue weighted by Gasteiger charge is 2.49. The minimum Gasteiger partial charge on any atom is -0.396 e. The highest BCUT2D eigenvalue weighted by atomic mass is 16.7. The molecule has 0 spiro atoms. The summed E-state index contributed by atoms with van der Waals surface area (Å²) in [7, 11) is 0. The molecule has 3 heterocycles. The van der Waals surface area contributed by atoms with Gasteiger partial charge < -0.3 is 148 Å². The molecule has 3 fully saturated rings. The molecule has 0 bridgehead atoms. The molecule has 0 aromatic heterocycles. The van der Waals surface area contributed by atoms with Crippen molar-refractivity contribution in [2.75, 3.05) is 185 Å². The van der Waals surface area contributed by atoms with Crippen LogP contribution in [0.5, 0.6) is 0 Å². The molecule has 15 N–H and O–H groups in total. The minimum atomic E-state index is -1.78. The summed E-state index contributed by atoms with van der Waals surface area (Å²) in [5, 5.41) is 126. The average Bonchev–Trinajstić information content (AvgIpc) is 3.23. The summed E-state index contributed by atoms with van der Waals surface area (Å²) in [6, 6.07) is 0. The molecule has 33 heteroatoms. The highest BCUT2D eigenvalue weighted by Crippen LogP contribution is 2.28. The number of ether oxygens (including phenoxy) is 15. The molecule has 84 heavy (non-hydrogen) atoms. The standard InChI is InChI=1S/C51H95N3O30/c1-50(31-77-11-3-37(59)53-7-14-71-17-20-74-23-26-80-48-43(65)41(63)39(61)34(28-56)83-48,32-78-12-4-38(60)54-8-15-72-18-21-75-24-27-81-49-44(66)42(64)40(62)35(29-57)84-49)30-76-10-2-36(58)52-6-13-70-16-19-73-22-25-79-47-45(67)46(68)51(69,5-9-55)33-82-47/h34-35,39-49,55-57,61-69H,2-33H2,1H3,(H,52,58)(H,53,59)(H,54,60)/t34?,35?,39-,40-,41?,42?,43?,44?,45?,46?,47+,48+,49+,50?,51-/m1/s1. The van der Waals surface area contributed by atoms with Crippen LogP contribution in [0.3, 0.4) is 0 Å². The maximum atomic E-state index is 12.5. The fourth-order valence-electron chi connectivity index (χ4n) is 8.11. The SMILES string of the molecule is CC(COCCC(=O)NCCOCCOCCO[C@H]1OC(CO)[C@@H](O)C(O)C1O)(COCCC(=O)NCCOCCOCCO[C@H]1OC(CO)[C@@H](O)C(O)C1O)COCCC(=O)NCCOCCOCCO[C@H]1OC[C@](O)(CCO)C(O)C1O. The van der Waals surface area contributed by atoms with Gasteiger partial charge >= 0.3 is 0 Å². The quantitative estimate of drug-likeness (QED) is 0.0252. The van der Waals surface area contributed by atoms with Gasteiger partial charge in [-0.1, -0.05) is 6.92 Å². The van der Waals surface area contributed by atoms with Crippen LogP contribution in [0.4, 0.5) is 0 Å². The Morgan fingerprint density at radius 1 is 0.440 bits per heavy atom. The van der Waals surface area contributed by atoms with E-state index in [9.17, 15) is 70.6 Å². The van der Waals surface area contributed by atoms with E-state index in [1.807, 2.05) is 6.92 Å². The predicted molar refractivity (Wildman–Crippen MR) is 282 cm³/mol. The molecule has 0 aliphatic carbocycles. The van der Waals surface area contributed by atoms with Gasteiger partial charge in [0.2, 0.25) is 17.7 Å². The molecule has 0 aromatic rings. The van der Waals surface area contributed by atoms with Crippen molar-refractivity contribution in [1.29, 1.82) is 0 Å². The molecule has 3 rings (SSSR count). The monoisotopic (exact) mass is 1230 g/mol. The molecule has 0 saturated carbocycles. The van der Waals surface area contributed by atoms with Crippen LogP contribution in [0.1, 0.15) is 32.6 Å². The second-order valence-corrected chi connectivity index (χ2v) is 20.1. The Kier molecular flexibility index (Phi) is 39.5. The number of aliphatic hydroxyl groups is 12. The topological polar surface area (TPSA) is 469 Å². The number of hydrogen-bond donors (Lipinski definition) is 15. The van der Waals surface area contributed by atoms with Gasteiger partial charge in [-0.05, 0) is 0 Å². The molecule has 8 unspecified atom stereocenters. The van der Waals surface area contributed by atoms with E-state index in [4.69, 9.17) is 76.2 Å². The largest absolute Gasteiger partial charge is 0.396 e. The van der Waals surface area contributed by atoms with Crippen molar-refractivity contribution in [3.63, 3.8) is 0 Å². The molecule has 3 aliphatic heterocycles. The maximum absolute atomic E-state index is 12.5. The van der Waals surface area contributed by atoms with Crippen molar-refractivity contribution in [3.05, 3.63) is 0 Å². The van der Waals surface area contributed by atoms with Gasteiger partial charge in [-0.25, -0.2) is 0 Å². The van der Waals surface area contributed by atoms with E-state index in [2.05, 4.69) is 16.0 Å². The van der Waals surface area contributed by atoms with Crippen molar-refractivity contribution < 1.29 is 147 Å². The van der Waals surface area contributed by atoms with Crippen molar-refractivity contribution in [2.45, 2.75) is 118 Å². The summed E-state index contributed by atoms with van der Waals surface area (Å²) in [5.74, 6) is -0.841. The van der Waals surface area contributed by atoms with Crippen LogP contribution in [0, 0.1) is 5.41 Å². The van der Waals surface area contributed by atoms with E-state index < -0.39 is 111 Å². The Morgan fingerprint density at radius 3 is 1.12 bits per heavy atom. The number of rotatable bonds is 49. The predicted octanol–water partition coefficient (Wildman–Crippen LogP) is -8.50. The lowest BCUT2D eigenvalue weighted by Crippen LogP contribution is -2.62. The number of aliphatic hydroxyl groups excluding tert-OH is 11. The lowest BCUT2D eigenvalue weighted by atomic mass is 9.88. The van der Waals surface area contributed by atoms with Crippen LogP contribution in [-0.2, 0) is 85.4 Å². The average molecular weight is 1230 g/mol. The number of carbonyl (C=O) groups is 3. The minimum absolute atomic E-state index is 0.0105. The molecule has 494 valence electrons. The zero-order valence-electron chi connectivity index (χ0n) is 47.8. The molecule has 3 aliphatic rings. The van der Waals surface area contributed by atoms with Gasteiger partial charge in [0, 0.05) is 57.3 Å². The number of hydrogen-bond acceptors (Lipinski definition) is 30. The number of carbonyl (C=O) groups excluding carboxylic acids is 3. The van der Waals surface area contributed by atoms with Crippen LogP contribution in [0.2, 0.25) is 0 Å². The van der Waals surface area contributed by atoms with E-state index in [-0.39, 0.29) is 208 Å². The van der Waals surface area contributed by atoms with Gasteiger partial charge in [0.1, 0.15) is 66.6 Å². The molecule has 0 aromatic carbocycles. The van der Waals surface area contributed by atoms with Gasteiger partial charge in [-0.3, -0.25) is 14.4 Å². The highest BCUT2D eigenvalue weighted by molar-refractivity contribution is 5.76. The van der Waals surface area contributed by atoms with E-state index >= 15 is 0 Å². The van der Waals surface area contributed by atoms with Crippen LogP contribution < -0.4 is 16.0 Å². The molecule has 14 atom stereocenters. The Bertz CT molecular complexity index is 1640. The van der Waals surface area contributed by atoms with Crippen molar-refractivity contribution in [1.82, 2.24) is 16.0 Å². The molecule has 0 radical (unpaired) electrons. The fourth-order valence-corrected chi connectivity index (χ4v) is 8.11. The summed E-state index contributed by atoms with van der Waals surface area (Å²) in [4.78, 5) is 37.5. The second-order valence-electron chi connectivity index (χ2n) is 20.1. The Morgan fingerprint density at radius 2 is 0.774 bits per heavy atom. The second kappa shape index (κ2) is 43.9. The summed E-state index contributed by atoms with van der Waals surface area (Å²) in [6.07, 6.45) is -18.1. The third-order valence-electron chi connectivity index (χ3n) is 13.0.